The van der Waals surface area contributed by atoms with E-state index in [2.05, 4.69) is 5.32 Å². The quantitative estimate of drug-likeness (QED) is 0.814. The van der Waals surface area contributed by atoms with E-state index >= 15 is 0 Å². The number of carbonyl (C=O) groups is 1. The van der Waals surface area contributed by atoms with Gasteiger partial charge in [0.25, 0.3) is 0 Å². The summed E-state index contributed by atoms with van der Waals surface area (Å²) in [4.78, 5) is 12.5. The molecule has 0 aliphatic heterocycles. The van der Waals surface area contributed by atoms with E-state index < -0.39 is 0 Å². The van der Waals surface area contributed by atoms with Gasteiger partial charge in [0.05, 0.1) is 23.4 Å². The third-order valence-corrected chi connectivity index (χ3v) is 3.33. The van der Waals surface area contributed by atoms with Gasteiger partial charge in [-0.3, -0.25) is 4.79 Å². The van der Waals surface area contributed by atoms with Crippen LogP contribution < -0.4 is 11.1 Å². The minimum absolute atomic E-state index is 0.0678. The van der Waals surface area contributed by atoms with E-state index in [0.29, 0.717) is 13.1 Å². The molecule has 0 bridgehead atoms. The Bertz CT molecular complexity index is 339. The van der Waals surface area contributed by atoms with Gasteiger partial charge in [0.1, 0.15) is 0 Å². The maximum Gasteiger partial charge on any atom is 0.222 e. The molecule has 0 aliphatic rings. The molecule has 3 N–H and O–H groups in total. The maximum absolute atomic E-state index is 11.5. The van der Waals surface area contributed by atoms with Crippen LogP contribution in [0.3, 0.4) is 0 Å². The van der Waals surface area contributed by atoms with Gasteiger partial charge >= 0.3 is 0 Å². The number of hydrogen-bond acceptors (Lipinski definition) is 4. The van der Waals surface area contributed by atoms with E-state index in [1.54, 1.807) is 7.11 Å². The van der Waals surface area contributed by atoms with Crippen LogP contribution in [0.2, 0.25) is 4.34 Å². The van der Waals surface area contributed by atoms with Crippen molar-refractivity contribution in [2.24, 2.45) is 5.73 Å². The fourth-order valence-corrected chi connectivity index (χ4v) is 2.20. The Kier molecular flexibility index (Phi) is 5.76. The van der Waals surface area contributed by atoms with E-state index in [1.165, 1.54) is 11.3 Å². The third-order valence-electron chi connectivity index (χ3n) is 2.10. The molecule has 0 saturated carbocycles. The van der Waals surface area contributed by atoms with Crippen molar-refractivity contribution in [1.82, 2.24) is 5.32 Å². The molecule has 1 aromatic rings. The van der Waals surface area contributed by atoms with Crippen molar-refractivity contribution in [2.45, 2.75) is 19.1 Å². The summed E-state index contributed by atoms with van der Waals surface area (Å²) in [6.45, 7) is 0.839. The van der Waals surface area contributed by atoms with Crippen LogP contribution >= 0.6 is 22.9 Å². The Morgan fingerprint density at radius 3 is 2.94 bits per heavy atom. The largest absolute Gasteiger partial charge is 0.380 e. The van der Waals surface area contributed by atoms with Crippen LogP contribution in [0.4, 0.5) is 0 Å². The fraction of sp³-hybridized carbons (Fsp3) is 0.500. The SMILES string of the molecule is COC(CN)CC(=O)NCc1ccc(Cl)s1. The monoisotopic (exact) mass is 262 g/mol. The molecular formula is C10H15ClN2O2S. The van der Waals surface area contributed by atoms with Crippen LogP contribution in [0, 0.1) is 0 Å². The van der Waals surface area contributed by atoms with Crippen molar-refractivity contribution in [1.29, 1.82) is 0 Å². The predicted octanol–water partition coefficient (Wildman–Crippen LogP) is 1.38. The molecule has 1 aromatic heterocycles. The van der Waals surface area contributed by atoms with E-state index in [4.69, 9.17) is 22.1 Å². The Morgan fingerprint density at radius 1 is 1.69 bits per heavy atom. The Balaban J connectivity index is 2.30. The van der Waals surface area contributed by atoms with Crippen LogP contribution in [0.1, 0.15) is 11.3 Å². The Hall–Kier alpha value is -0.620. The van der Waals surface area contributed by atoms with E-state index in [0.717, 1.165) is 9.21 Å². The van der Waals surface area contributed by atoms with Gasteiger partial charge in [-0.1, -0.05) is 11.6 Å². The first-order valence-electron chi connectivity index (χ1n) is 4.89. The molecule has 1 amide bonds. The number of hydrogen-bond donors (Lipinski definition) is 2. The highest BCUT2D eigenvalue weighted by Gasteiger charge is 2.11. The molecule has 0 spiro atoms. The number of methoxy groups -OCH3 is 1. The van der Waals surface area contributed by atoms with E-state index in [-0.39, 0.29) is 18.4 Å². The van der Waals surface area contributed by atoms with Crippen molar-refractivity contribution in [2.75, 3.05) is 13.7 Å². The molecule has 1 rings (SSSR count). The predicted molar refractivity (Wildman–Crippen MR) is 65.6 cm³/mol. The highest BCUT2D eigenvalue weighted by Crippen LogP contribution is 2.20. The zero-order valence-electron chi connectivity index (χ0n) is 9.03. The van der Waals surface area contributed by atoms with Gasteiger partial charge in [0, 0.05) is 18.5 Å². The topological polar surface area (TPSA) is 64.3 Å². The number of ether oxygens (including phenoxy) is 1. The molecule has 0 aromatic carbocycles. The van der Waals surface area contributed by atoms with Crippen molar-refractivity contribution in [3.63, 3.8) is 0 Å². The molecule has 4 nitrogen and oxygen atoms in total. The zero-order valence-corrected chi connectivity index (χ0v) is 10.6. The van der Waals surface area contributed by atoms with Crippen molar-refractivity contribution < 1.29 is 9.53 Å². The van der Waals surface area contributed by atoms with Gasteiger partial charge in [-0.05, 0) is 12.1 Å². The number of nitrogens with two attached hydrogens (primary N) is 1. The summed E-state index contributed by atoms with van der Waals surface area (Å²) in [5.41, 5.74) is 5.42. The lowest BCUT2D eigenvalue weighted by Crippen LogP contribution is -2.31. The molecule has 0 fully saturated rings. The van der Waals surface area contributed by atoms with Crippen molar-refractivity contribution in [3.05, 3.63) is 21.3 Å². The minimum atomic E-state index is -0.216. The molecule has 1 unspecified atom stereocenters. The maximum atomic E-state index is 11.5. The summed E-state index contributed by atoms with van der Waals surface area (Å²) in [6.07, 6.45) is 0.0680. The smallest absolute Gasteiger partial charge is 0.222 e. The van der Waals surface area contributed by atoms with Crippen LogP contribution in [0.25, 0.3) is 0 Å². The lowest BCUT2D eigenvalue weighted by molar-refractivity contribution is -0.123. The molecule has 0 radical (unpaired) electrons. The standard InChI is InChI=1S/C10H15ClN2O2S/c1-15-7(5-12)4-10(14)13-6-8-2-3-9(11)16-8/h2-3,7H,4-6,12H2,1H3,(H,13,14). The lowest BCUT2D eigenvalue weighted by atomic mass is 10.2. The Morgan fingerprint density at radius 2 is 2.44 bits per heavy atom. The summed E-state index contributed by atoms with van der Waals surface area (Å²) >= 11 is 7.23. The molecule has 1 atom stereocenters. The normalized spacial score (nSPS) is 12.4. The lowest BCUT2D eigenvalue weighted by Gasteiger charge is -2.12. The first-order valence-corrected chi connectivity index (χ1v) is 6.09. The summed E-state index contributed by atoms with van der Waals surface area (Å²) in [5.74, 6) is -0.0678. The van der Waals surface area contributed by atoms with Crippen molar-refractivity contribution in [3.8, 4) is 0 Å². The molecule has 1 heterocycles. The number of thiophene rings is 1. The summed E-state index contributed by atoms with van der Waals surface area (Å²) in [6, 6.07) is 3.70. The minimum Gasteiger partial charge on any atom is -0.380 e. The molecular weight excluding hydrogens is 248 g/mol. The number of rotatable bonds is 6. The zero-order chi connectivity index (χ0) is 12.0. The van der Waals surface area contributed by atoms with Gasteiger partial charge in [-0.2, -0.15) is 0 Å². The molecule has 16 heavy (non-hydrogen) atoms. The highest BCUT2D eigenvalue weighted by atomic mass is 35.5. The number of nitrogens with one attached hydrogen (secondary N) is 1. The summed E-state index contributed by atoms with van der Waals surface area (Å²) < 4.78 is 5.75. The molecule has 6 heteroatoms. The third kappa shape index (κ3) is 4.49. The summed E-state index contributed by atoms with van der Waals surface area (Å²) in [5, 5.41) is 2.79. The highest BCUT2D eigenvalue weighted by molar-refractivity contribution is 7.16. The fourth-order valence-electron chi connectivity index (χ4n) is 1.17. The van der Waals surface area contributed by atoms with Crippen LogP contribution in [0.5, 0.6) is 0 Å². The number of carbonyl (C=O) groups excluding carboxylic acids is 1. The van der Waals surface area contributed by atoms with Crippen LogP contribution in [0.15, 0.2) is 12.1 Å². The first-order chi connectivity index (χ1) is 7.65. The first kappa shape index (κ1) is 13.4. The van der Waals surface area contributed by atoms with E-state index in [1.807, 2.05) is 12.1 Å². The Labute approximate surface area is 104 Å². The second-order valence-electron chi connectivity index (χ2n) is 3.28. The average Bonchev–Trinajstić information content (AvgIpc) is 2.69. The van der Waals surface area contributed by atoms with Gasteiger partial charge < -0.3 is 15.8 Å². The van der Waals surface area contributed by atoms with Crippen LogP contribution in [-0.4, -0.2) is 25.7 Å². The van der Waals surface area contributed by atoms with E-state index in [9.17, 15) is 4.79 Å². The second-order valence-corrected chi connectivity index (χ2v) is 5.08. The van der Waals surface area contributed by atoms with Gasteiger partial charge in [-0.25, -0.2) is 0 Å². The van der Waals surface area contributed by atoms with Crippen LogP contribution in [-0.2, 0) is 16.1 Å². The van der Waals surface area contributed by atoms with Gasteiger partial charge in [0.2, 0.25) is 5.91 Å². The second kappa shape index (κ2) is 6.85. The molecule has 0 aliphatic carbocycles. The average molecular weight is 263 g/mol. The van der Waals surface area contributed by atoms with Gasteiger partial charge in [0.15, 0.2) is 0 Å². The number of halogens is 1. The molecule has 0 saturated heterocycles. The summed E-state index contributed by atoms with van der Waals surface area (Å²) in [7, 11) is 1.55. The molecule has 90 valence electrons. The van der Waals surface area contributed by atoms with Gasteiger partial charge in [-0.15, -0.1) is 11.3 Å². The van der Waals surface area contributed by atoms with Crippen molar-refractivity contribution >= 4 is 28.8 Å². The number of amides is 1.